The molecule has 1 fully saturated rings. The summed E-state index contributed by atoms with van der Waals surface area (Å²) in [4.78, 5) is 2.35. The maximum atomic E-state index is 10.1. The zero-order valence-electron chi connectivity index (χ0n) is 12.2. The molecule has 0 radical (unpaired) electrons. The average Bonchev–Trinajstić information content (AvgIpc) is 3.08. The number of nitrogens with zero attached hydrogens (tertiary/aromatic N) is 1. The highest BCUT2D eigenvalue weighted by atomic mass is 16.3. The lowest BCUT2D eigenvalue weighted by atomic mass is 9.81. The van der Waals surface area contributed by atoms with E-state index in [4.69, 9.17) is 0 Å². The minimum Gasteiger partial charge on any atom is -0.393 e. The van der Waals surface area contributed by atoms with E-state index in [1.54, 1.807) is 0 Å². The molecule has 2 unspecified atom stereocenters. The van der Waals surface area contributed by atoms with Crippen LogP contribution in [0.1, 0.15) is 46.0 Å². The summed E-state index contributed by atoms with van der Waals surface area (Å²) in [6, 6.07) is 0. The Morgan fingerprint density at radius 2 is 1.94 bits per heavy atom. The molecule has 18 heavy (non-hydrogen) atoms. The lowest BCUT2D eigenvalue weighted by Gasteiger charge is -2.32. The third-order valence-electron chi connectivity index (χ3n) is 4.82. The summed E-state index contributed by atoms with van der Waals surface area (Å²) < 4.78 is 0. The van der Waals surface area contributed by atoms with Crippen molar-refractivity contribution in [2.75, 3.05) is 14.1 Å². The Kier molecular flexibility index (Phi) is 3.98. The minimum absolute atomic E-state index is 0.236. The number of aliphatic hydroxyl groups is 1. The normalized spacial score (nSPS) is 25.4. The zero-order chi connectivity index (χ0) is 13.3. The largest absolute Gasteiger partial charge is 0.393 e. The van der Waals surface area contributed by atoms with Crippen LogP contribution in [0.5, 0.6) is 0 Å². The van der Waals surface area contributed by atoms with Crippen molar-refractivity contribution >= 4 is 0 Å². The van der Waals surface area contributed by atoms with Gasteiger partial charge in [-0.2, -0.15) is 0 Å². The molecule has 2 heteroatoms. The Hall–Kier alpha value is -0.600. The van der Waals surface area contributed by atoms with Crippen LogP contribution in [0.4, 0.5) is 0 Å². The highest BCUT2D eigenvalue weighted by Gasteiger charge is 2.47. The minimum atomic E-state index is -0.236. The maximum absolute atomic E-state index is 10.1. The van der Waals surface area contributed by atoms with Crippen molar-refractivity contribution in [2.24, 2.45) is 5.92 Å². The van der Waals surface area contributed by atoms with E-state index in [9.17, 15) is 5.11 Å². The van der Waals surface area contributed by atoms with Crippen LogP contribution in [0.15, 0.2) is 23.3 Å². The van der Waals surface area contributed by atoms with E-state index in [1.165, 1.54) is 24.0 Å². The summed E-state index contributed by atoms with van der Waals surface area (Å²) in [5.74, 6) is 0.333. The van der Waals surface area contributed by atoms with E-state index in [0.717, 1.165) is 19.3 Å². The molecule has 0 aromatic carbocycles. The Morgan fingerprint density at radius 1 is 1.28 bits per heavy atom. The van der Waals surface area contributed by atoms with Gasteiger partial charge in [-0.15, -0.1) is 0 Å². The van der Waals surface area contributed by atoms with Gasteiger partial charge in [0.1, 0.15) is 0 Å². The standard InChI is InChI=1S/C16H27NO/c1-12-5-7-14(8-6-12)15(13(2)18)11-16(9-10-16)17(3)4/h5,7,13,15,18H,6,8-11H2,1-4H3. The Balaban J connectivity index is 2.10. The van der Waals surface area contributed by atoms with Crippen LogP contribution in [0.3, 0.4) is 0 Å². The molecule has 2 aliphatic rings. The molecular formula is C16H27NO. The van der Waals surface area contributed by atoms with Crippen molar-refractivity contribution in [2.45, 2.75) is 57.6 Å². The van der Waals surface area contributed by atoms with Gasteiger partial charge in [-0.25, -0.2) is 0 Å². The predicted molar refractivity (Wildman–Crippen MR) is 76.5 cm³/mol. The first kappa shape index (κ1) is 13.8. The van der Waals surface area contributed by atoms with Crippen LogP contribution in [0, 0.1) is 5.92 Å². The van der Waals surface area contributed by atoms with Crippen LogP contribution in [0.2, 0.25) is 0 Å². The van der Waals surface area contributed by atoms with E-state index in [2.05, 4.69) is 38.1 Å². The van der Waals surface area contributed by atoms with Crippen molar-refractivity contribution < 1.29 is 5.11 Å². The Morgan fingerprint density at radius 3 is 2.33 bits per heavy atom. The van der Waals surface area contributed by atoms with Crippen molar-refractivity contribution in [1.82, 2.24) is 4.90 Å². The van der Waals surface area contributed by atoms with Gasteiger partial charge in [0.15, 0.2) is 0 Å². The molecule has 102 valence electrons. The van der Waals surface area contributed by atoms with Gasteiger partial charge in [0.25, 0.3) is 0 Å². The molecule has 2 atom stereocenters. The molecule has 0 saturated heterocycles. The number of hydrogen-bond donors (Lipinski definition) is 1. The number of allylic oxidation sites excluding steroid dienone is 3. The van der Waals surface area contributed by atoms with Crippen molar-refractivity contribution in [3.8, 4) is 0 Å². The fourth-order valence-electron chi connectivity index (χ4n) is 3.07. The number of hydrogen-bond acceptors (Lipinski definition) is 2. The summed E-state index contributed by atoms with van der Waals surface area (Å²) >= 11 is 0. The fourth-order valence-corrected chi connectivity index (χ4v) is 3.07. The second kappa shape index (κ2) is 5.18. The van der Waals surface area contributed by atoms with E-state index in [1.807, 2.05) is 6.92 Å². The number of aliphatic hydroxyl groups excluding tert-OH is 1. The van der Waals surface area contributed by atoms with Gasteiger partial charge in [-0.05, 0) is 60.0 Å². The van der Waals surface area contributed by atoms with Gasteiger partial charge >= 0.3 is 0 Å². The molecule has 0 aromatic rings. The molecule has 1 saturated carbocycles. The highest BCUT2D eigenvalue weighted by molar-refractivity contribution is 5.26. The van der Waals surface area contributed by atoms with Gasteiger partial charge in [0.05, 0.1) is 6.10 Å². The molecule has 0 aromatic heterocycles. The van der Waals surface area contributed by atoms with Crippen LogP contribution < -0.4 is 0 Å². The molecule has 0 bridgehead atoms. The lowest BCUT2D eigenvalue weighted by molar-refractivity contribution is 0.110. The summed E-state index contributed by atoms with van der Waals surface area (Å²) in [6.45, 7) is 4.13. The van der Waals surface area contributed by atoms with Crippen molar-refractivity contribution in [1.29, 1.82) is 0 Å². The van der Waals surface area contributed by atoms with Gasteiger partial charge in [-0.3, -0.25) is 0 Å². The first-order valence-corrected chi connectivity index (χ1v) is 7.16. The quantitative estimate of drug-likeness (QED) is 0.809. The first-order valence-electron chi connectivity index (χ1n) is 7.16. The van der Waals surface area contributed by atoms with E-state index in [0.29, 0.717) is 11.5 Å². The van der Waals surface area contributed by atoms with Gasteiger partial charge in [0, 0.05) is 11.5 Å². The first-order chi connectivity index (χ1) is 8.44. The van der Waals surface area contributed by atoms with E-state index in [-0.39, 0.29) is 6.10 Å². The molecule has 0 amide bonds. The number of rotatable bonds is 5. The highest BCUT2D eigenvalue weighted by Crippen LogP contribution is 2.47. The lowest BCUT2D eigenvalue weighted by Crippen LogP contribution is -2.35. The van der Waals surface area contributed by atoms with Crippen LogP contribution in [-0.2, 0) is 0 Å². The topological polar surface area (TPSA) is 23.5 Å². The monoisotopic (exact) mass is 249 g/mol. The van der Waals surface area contributed by atoms with E-state index >= 15 is 0 Å². The maximum Gasteiger partial charge on any atom is 0.0578 e. The van der Waals surface area contributed by atoms with Gasteiger partial charge in [-0.1, -0.05) is 23.3 Å². The third-order valence-corrected chi connectivity index (χ3v) is 4.82. The summed E-state index contributed by atoms with van der Waals surface area (Å²) in [7, 11) is 4.34. The molecule has 2 nitrogen and oxygen atoms in total. The van der Waals surface area contributed by atoms with Gasteiger partial charge < -0.3 is 10.0 Å². The van der Waals surface area contributed by atoms with Crippen LogP contribution in [-0.4, -0.2) is 35.7 Å². The zero-order valence-corrected chi connectivity index (χ0v) is 12.2. The van der Waals surface area contributed by atoms with Crippen molar-refractivity contribution in [3.63, 3.8) is 0 Å². The van der Waals surface area contributed by atoms with Crippen molar-refractivity contribution in [3.05, 3.63) is 23.3 Å². The summed E-state index contributed by atoms with van der Waals surface area (Å²) in [5.41, 5.74) is 3.26. The van der Waals surface area contributed by atoms with Gasteiger partial charge in [0.2, 0.25) is 0 Å². The molecule has 1 N–H and O–H groups in total. The summed E-state index contributed by atoms with van der Waals surface area (Å²) in [6.07, 6.45) is 10.2. The summed E-state index contributed by atoms with van der Waals surface area (Å²) in [5, 5.41) is 10.1. The molecule has 0 heterocycles. The predicted octanol–water partition coefficient (Wildman–Crippen LogP) is 3.13. The fraction of sp³-hybridized carbons (Fsp3) is 0.750. The molecule has 0 spiro atoms. The smallest absolute Gasteiger partial charge is 0.0578 e. The molecular weight excluding hydrogens is 222 g/mol. The van der Waals surface area contributed by atoms with Crippen LogP contribution >= 0.6 is 0 Å². The van der Waals surface area contributed by atoms with E-state index < -0.39 is 0 Å². The molecule has 2 rings (SSSR count). The second-order valence-corrected chi connectivity index (χ2v) is 6.42. The molecule has 2 aliphatic carbocycles. The Bertz CT molecular complexity index is 361. The molecule has 0 aliphatic heterocycles. The second-order valence-electron chi connectivity index (χ2n) is 6.42. The third kappa shape index (κ3) is 2.86. The Labute approximate surface area is 111 Å². The average molecular weight is 249 g/mol. The SMILES string of the molecule is CC1=CC=C(C(CC2(N(C)C)CC2)C(C)O)CC1. The van der Waals surface area contributed by atoms with Crippen LogP contribution in [0.25, 0.3) is 0 Å².